The van der Waals surface area contributed by atoms with Crippen LogP contribution in [0, 0.1) is 0 Å². The topological polar surface area (TPSA) is 63.2 Å². The van der Waals surface area contributed by atoms with E-state index in [-0.39, 0.29) is 12.5 Å². The fourth-order valence-corrected chi connectivity index (χ4v) is 2.55. The van der Waals surface area contributed by atoms with Gasteiger partial charge in [-0.25, -0.2) is 4.98 Å². The summed E-state index contributed by atoms with van der Waals surface area (Å²) in [5.41, 5.74) is 2.18. The van der Waals surface area contributed by atoms with E-state index >= 15 is 0 Å². The van der Waals surface area contributed by atoms with Crippen molar-refractivity contribution in [1.29, 1.82) is 0 Å². The third-order valence-corrected chi connectivity index (χ3v) is 4.05. The number of nitrogens with one attached hydrogen (secondary N) is 2. The highest BCUT2D eigenvalue weighted by Crippen LogP contribution is 2.15. The van der Waals surface area contributed by atoms with Crippen LogP contribution in [0.15, 0.2) is 72.9 Å². The first-order chi connectivity index (χ1) is 13.2. The van der Waals surface area contributed by atoms with E-state index in [0.717, 1.165) is 18.7 Å². The first-order valence-corrected chi connectivity index (χ1v) is 8.99. The molecule has 5 nitrogen and oxygen atoms in total. The Morgan fingerprint density at radius 3 is 2.48 bits per heavy atom. The number of halogens is 1. The summed E-state index contributed by atoms with van der Waals surface area (Å²) >= 11 is 5.81. The van der Waals surface area contributed by atoms with Crippen LogP contribution in [-0.4, -0.2) is 24.0 Å². The summed E-state index contributed by atoms with van der Waals surface area (Å²) in [6, 6.07) is 20.8. The molecular weight excluding hydrogens is 362 g/mol. The molecule has 1 heterocycles. The molecule has 0 saturated carbocycles. The molecule has 0 aliphatic heterocycles. The zero-order valence-corrected chi connectivity index (χ0v) is 15.4. The summed E-state index contributed by atoms with van der Waals surface area (Å²) in [4.78, 5) is 16.2. The van der Waals surface area contributed by atoms with Crippen molar-refractivity contribution < 1.29 is 9.53 Å². The highest BCUT2D eigenvalue weighted by molar-refractivity contribution is 6.30. The van der Waals surface area contributed by atoms with E-state index in [2.05, 4.69) is 27.8 Å². The number of nitrogens with zero attached hydrogens (tertiary/aromatic N) is 1. The highest BCUT2D eigenvalue weighted by atomic mass is 35.5. The third kappa shape index (κ3) is 6.31. The number of amides is 1. The van der Waals surface area contributed by atoms with Gasteiger partial charge in [-0.15, -0.1) is 0 Å². The minimum atomic E-state index is -0.276. The monoisotopic (exact) mass is 381 g/mol. The molecule has 138 valence electrons. The van der Waals surface area contributed by atoms with E-state index in [1.54, 1.807) is 36.5 Å². The lowest BCUT2D eigenvalue weighted by Gasteiger charge is -2.09. The predicted molar refractivity (Wildman–Crippen MR) is 108 cm³/mol. The molecule has 2 aromatic carbocycles. The van der Waals surface area contributed by atoms with Crippen molar-refractivity contribution >= 4 is 29.0 Å². The Bertz CT molecular complexity index is 853. The van der Waals surface area contributed by atoms with Crippen molar-refractivity contribution in [3.8, 4) is 5.75 Å². The zero-order chi connectivity index (χ0) is 18.9. The van der Waals surface area contributed by atoms with Gasteiger partial charge in [0.15, 0.2) is 6.61 Å². The molecule has 0 radical (unpaired) electrons. The molecule has 3 rings (SSSR count). The quantitative estimate of drug-likeness (QED) is 0.606. The molecule has 0 atom stereocenters. The highest BCUT2D eigenvalue weighted by Gasteiger charge is 2.05. The molecule has 0 bridgehead atoms. The molecule has 0 aliphatic carbocycles. The first kappa shape index (κ1) is 18.7. The summed E-state index contributed by atoms with van der Waals surface area (Å²) in [6.07, 6.45) is 2.63. The molecule has 0 spiro atoms. The second-order valence-electron chi connectivity index (χ2n) is 5.89. The number of carbonyl (C=O) groups is 1. The molecule has 1 aromatic heterocycles. The normalized spacial score (nSPS) is 10.3. The number of benzene rings is 2. The van der Waals surface area contributed by atoms with E-state index in [4.69, 9.17) is 16.3 Å². The van der Waals surface area contributed by atoms with Crippen LogP contribution in [0.25, 0.3) is 0 Å². The number of carbonyl (C=O) groups excluding carboxylic acids is 1. The van der Waals surface area contributed by atoms with Gasteiger partial charge in [0.05, 0.1) is 11.9 Å². The van der Waals surface area contributed by atoms with Crippen molar-refractivity contribution in [2.45, 2.75) is 6.42 Å². The first-order valence-electron chi connectivity index (χ1n) is 8.61. The number of aromatic nitrogens is 1. The molecule has 0 saturated heterocycles. The van der Waals surface area contributed by atoms with E-state index in [1.807, 2.05) is 24.3 Å². The second-order valence-corrected chi connectivity index (χ2v) is 6.32. The lowest BCUT2D eigenvalue weighted by molar-refractivity contribution is -0.118. The molecular formula is C21H20ClN3O2. The molecule has 3 aromatic rings. The van der Waals surface area contributed by atoms with Crippen LogP contribution >= 0.6 is 11.6 Å². The van der Waals surface area contributed by atoms with Gasteiger partial charge in [0.1, 0.15) is 11.6 Å². The maximum atomic E-state index is 11.9. The zero-order valence-electron chi connectivity index (χ0n) is 14.7. The largest absolute Gasteiger partial charge is 0.484 e. The summed E-state index contributed by atoms with van der Waals surface area (Å²) in [5.74, 6) is 0.788. The van der Waals surface area contributed by atoms with Crippen molar-refractivity contribution in [1.82, 2.24) is 4.98 Å². The van der Waals surface area contributed by atoms with Gasteiger partial charge in [0.2, 0.25) is 0 Å². The number of hydrogen-bond acceptors (Lipinski definition) is 4. The third-order valence-electron chi connectivity index (χ3n) is 3.80. The van der Waals surface area contributed by atoms with Crippen LogP contribution in [0.1, 0.15) is 5.56 Å². The average molecular weight is 382 g/mol. The van der Waals surface area contributed by atoms with Crippen LogP contribution in [0.4, 0.5) is 11.5 Å². The van der Waals surface area contributed by atoms with E-state index in [9.17, 15) is 4.79 Å². The standard InChI is InChI=1S/C21H20ClN3O2/c22-17-6-9-19(10-7-17)27-15-21(26)25-20-11-8-18(14-24-20)23-13-12-16-4-2-1-3-5-16/h1-11,14,23H,12-13,15H2,(H,24,25,26). The van der Waals surface area contributed by atoms with E-state index in [1.165, 1.54) is 5.56 Å². The van der Waals surface area contributed by atoms with Crippen LogP contribution in [-0.2, 0) is 11.2 Å². The van der Waals surface area contributed by atoms with Gasteiger partial charge in [-0.3, -0.25) is 4.79 Å². The molecule has 1 amide bonds. The summed E-state index contributed by atoms with van der Waals surface area (Å²) < 4.78 is 5.40. The number of rotatable bonds is 8. The molecule has 27 heavy (non-hydrogen) atoms. The Labute approximate surface area is 163 Å². The average Bonchev–Trinajstić information content (AvgIpc) is 2.70. The Balaban J connectivity index is 1.41. The molecule has 0 aliphatic rings. The van der Waals surface area contributed by atoms with Gasteiger partial charge < -0.3 is 15.4 Å². The van der Waals surface area contributed by atoms with Crippen molar-refractivity contribution in [3.05, 3.63) is 83.5 Å². The Hall–Kier alpha value is -3.05. The minimum Gasteiger partial charge on any atom is -0.484 e. The van der Waals surface area contributed by atoms with Gasteiger partial charge in [-0.2, -0.15) is 0 Å². The lowest BCUT2D eigenvalue weighted by Crippen LogP contribution is -2.20. The van der Waals surface area contributed by atoms with Crippen molar-refractivity contribution in [2.24, 2.45) is 0 Å². The summed E-state index contributed by atoms with van der Waals surface area (Å²) in [7, 11) is 0. The van der Waals surface area contributed by atoms with Crippen molar-refractivity contribution in [2.75, 3.05) is 23.8 Å². The minimum absolute atomic E-state index is 0.0968. The smallest absolute Gasteiger partial charge is 0.263 e. The SMILES string of the molecule is O=C(COc1ccc(Cl)cc1)Nc1ccc(NCCc2ccccc2)cn1. The molecule has 0 unspecified atom stereocenters. The van der Waals surface area contributed by atoms with E-state index in [0.29, 0.717) is 16.6 Å². The maximum absolute atomic E-state index is 11.9. The van der Waals surface area contributed by atoms with E-state index < -0.39 is 0 Å². The Kier molecular flexibility index (Phi) is 6.66. The second kappa shape index (κ2) is 9.59. The summed E-state index contributed by atoms with van der Waals surface area (Å²) in [5, 5.41) is 6.64. The van der Waals surface area contributed by atoms with Gasteiger partial charge in [0.25, 0.3) is 5.91 Å². The molecule has 6 heteroatoms. The van der Waals surface area contributed by atoms with Crippen LogP contribution in [0.2, 0.25) is 5.02 Å². The van der Waals surface area contributed by atoms with Gasteiger partial charge in [-0.1, -0.05) is 41.9 Å². The van der Waals surface area contributed by atoms with Crippen LogP contribution in [0.3, 0.4) is 0 Å². The van der Waals surface area contributed by atoms with Crippen molar-refractivity contribution in [3.63, 3.8) is 0 Å². The fourth-order valence-electron chi connectivity index (χ4n) is 2.43. The fraction of sp³-hybridized carbons (Fsp3) is 0.143. The van der Waals surface area contributed by atoms with Crippen LogP contribution in [0.5, 0.6) is 5.75 Å². The Morgan fingerprint density at radius 1 is 1.00 bits per heavy atom. The number of pyridine rings is 1. The lowest BCUT2D eigenvalue weighted by atomic mass is 10.1. The van der Waals surface area contributed by atoms with Gasteiger partial charge in [0, 0.05) is 11.6 Å². The maximum Gasteiger partial charge on any atom is 0.263 e. The van der Waals surface area contributed by atoms with Gasteiger partial charge in [-0.05, 0) is 48.4 Å². The summed E-state index contributed by atoms with van der Waals surface area (Å²) in [6.45, 7) is 0.715. The predicted octanol–water partition coefficient (Wildman–Crippen LogP) is 4.41. The number of hydrogen-bond donors (Lipinski definition) is 2. The Morgan fingerprint density at radius 2 is 1.78 bits per heavy atom. The number of anilines is 2. The number of ether oxygens (including phenoxy) is 1. The molecule has 2 N–H and O–H groups in total. The van der Waals surface area contributed by atoms with Gasteiger partial charge >= 0.3 is 0 Å². The molecule has 0 fully saturated rings. The van der Waals surface area contributed by atoms with Crippen LogP contribution < -0.4 is 15.4 Å².